The molecule has 3 heterocycles. The minimum Gasteiger partial charge on any atom is -0.326 e. The van der Waals surface area contributed by atoms with E-state index < -0.39 is 17.4 Å². The molecule has 6 nitrogen and oxygen atoms in total. The number of fused-ring (bicyclic) bond motifs is 5. The first-order valence-electron chi connectivity index (χ1n) is 10.2. The second kappa shape index (κ2) is 5.77. The summed E-state index contributed by atoms with van der Waals surface area (Å²) in [6, 6.07) is 20.6. The molecule has 3 amide bonds. The van der Waals surface area contributed by atoms with Crippen molar-refractivity contribution in [3.63, 3.8) is 0 Å². The van der Waals surface area contributed by atoms with Crippen LogP contribution >= 0.6 is 0 Å². The summed E-state index contributed by atoms with van der Waals surface area (Å²) >= 11 is 0. The third-order valence-electron chi connectivity index (χ3n) is 6.94. The van der Waals surface area contributed by atoms with Gasteiger partial charge in [0.1, 0.15) is 11.8 Å². The molecule has 0 unspecified atom stereocenters. The molecule has 2 fully saturated rings. The van der Waals surface area contributed by atoms with Crippen molar-refractivity contribution in [1.29, 1.82) is 0 Å². The van der Waals surface area contributed by atoms with Gasteiger partial charge in [-0.25, -0.2) is 4.90 Å². The van der Waals surface area contributed by atoms with Crippen LogP contribution in [-0.2, 0) is 19.9 Å². The van der Waals surface area contributed by atoms with Crippen LogP contribution in [0.4, 0.5) is 11.4 Å². The summed E-state index contributed by atoms with van der Waals surface area (Å²) in [5, 5.41) is 6.66. The van der Waals surface area contributed by atoms with Crippen molar-refractivity contribution in [2.45, 2.75) is 18.5 Å². The van der Waals surface area contributed by atoms with Crippen LogP contribution < -0.4 is 15.5 Å². The highest BCUT2D eigenvalue weighted by atomic mass is 16.2. The van der Waals surface area contributed by atoms with Gasteiger partial charge in [0.2, 0.25) is 17.4 Å². The van der Waals surface area contributed by atoms with Gasteiger partial charge in [0, 0.05) is 10.9 Å². The number of carbonyl (C=O) groups is 3. The summed E-state index contributed by atoms with van der Waals surface area (Å²) in [6.45, 7) is 1.93. The van der Waals surface area contributed by atoms with Crippen LogP contribution in [0, 0.1) is 11.8 Å². The predicted molar refractivity (Wildman–Crippen MR) is 112 cm³/mol. The van der Waals surface area contributed by atoms with Crippen LogP contribution in [0.25, 0.3) is 10.8 Å². The van der Waals surface area contributed by atoms with E-state index in [0.29, 0.717) is 5.69 Å². The van der Waals surface area contributed by atoms with Crippen molar-refractivity contribution in [1.82, 2.24) is 0 Å². The van der Waals surface area contributed by atoms with E-state index in [0.717, 1.165) is 22.0 Å². The Labute approximate surface area is 172 Å². The molecule has 3 aliphatic heterocycles. The summed E-state index contributed by atoms with van der Waals surface area (Å²) in [7, 11) is 0. The number of quaternary nitrogens is 1. The van der Waals surface area contributed by atoms with Gasteiger partial charge in [0.25, 0.3) is 5.91 Å². The minimum absolute atomic E-state index is 0.191. The third-order valence-corrected chi connectivity index (χ3v) is 6.94. The quantitative estimate of drug-likeness (QED) is 0.613. The molecule has 0 aliphatic carbocycles. The molecule has 3 aromatic carbocycles. The lowest BCUT2D eigenvalue weighted by molar-refractivity contribution is -0.730. The van der Waals surface area contributed by atoms with E-state index in [4.69, 9.17) is 0 Å². The van der Waals surface area contributed by atoms with Crippen molar-refractivity contribution in [3.8, 4) is 0 Å². The van der Waals surface area contributed by atoms with Crippen LogP contribution in [0.15, 0.2) is 66.7 Å². The van der Waals surface area contributed by atoms with Crippen molar-refractivity contribution in [2.75, 3.05) is 10.2 Å². The molecule has 0 saturated carbocycles. The maximum Gasteiger partial charge on any atom is 0.291 e. The Morgan fingerprint density at radius 3 is 2.50 bits per heavy atom. The number of nitrogens with one attached hydrogen (secondary N) is 1. The molecule has 3 aromatic rings. The van der Waals surface area contributed by atoms with E-state index in [2.05, 4.69) is 5.32 Å². The lowest BCUT2D eigenvalue weighted by atomic mass is 9.76. The van der Waals surface area contributed by atoms with Gasteiger partial charge in [-0.1, -0.05) is 54.6 Å². The molecule has 148 valence electrons. The zero-order chi connectivity index (χ0) is 20.6. The van der Waals surface area contributed by atoms with E-state index in [1.54, 1.807) is 0 Å². The molecule has 6 heteroatoms. The molecule has 6 rings (SSSR count). The second-order valence-electron chi connectivity index (χ2n) is 8.41. The summed E-state index contributed by atoms with van der Waals surface area (Å²) in [5.74, 6) is -2.02. The number of rotatable bonds is 1. The Bertz CT molecular complexity index is 1260. The highest BCUT2D eigenvalue weighted by molar-refractivity contribution is 6.27. The number of benzene rings is 3. The van der Waals surface area contributed by atoms with Gasteiger partial charge in [-0.2, -0.15) is 0 Å². The van der Waals surface area contributed by atoms with Gasteiger partial charge >= 0.3 is 0 Å². The van der Waals surface area contributed by atoms with Crippen LogP contribution in [0.5, 0.6) is 0 Å². The molecule has 30 heavy (non-hydrogen) atoms. The van der Waals surface area contributed by atoms with Crippen LogP contribution in [-0.4, -0.2) is 23.8 Å². The number of para-hydroxylation sites is 1. The number of hydrogen-bond acceptors (Lipinski definition) is 3. The Kier molecular flexibility index (Phi) is 3.34. The van der Waals surface area contributed by atoms with Crippen molar-refractivity contribution >= 4 is 39.9 Å². The Morgan fingerprint density at radius 1 is 0.900 bits per heavy atom. The first-order chi connectivity index (χ1) is 14.5. The Morgan fingerprint density at radius 2 is 1.63 bits per heavy atom. The van der Waals surface area contributed by atoms with E-state index in [1.165, 1.54) is 4.90 Å². The smallest absolute Gasteiger partial charge is 0.291 e. The van der Waals surface area contributed by atoms with Gasteiger partial charge in [-0.3, -0.25) is 14.4 Å². The zero-order valence-corrected chi connectivity index (χ0v) is 16.3. The summed E-state index contributed by atoms with van der Waals surface area (Å²) in [4.78, 5) is 41.9. The van der Waals surface area contributed by atoms with E-state index in [1.807, 2.05) is 79.0 Å². The Hall–Kier alpha value is -3.51. The molecule has 1 spiro atoms. The van der Waals surface area contributed by atoms with E-state index in [9.17, 15) is 14.4 Å². The van der Waals surface area contributed by atoms with E-state index >= 15 is 0 Å². The molecular formula is C24H20N3O3+. The second-order valence-corrected chi connectivity index (χ2v) is 8.41. The highest BCUT2D eigenvalue weighted by Gasteiger charge is 2.73. The zero-order valence-electron chi connectivity index (χ0n) is 16.3. The summed E-state index contributed by atoms with van der Waals surface area (Å²) < 4.78 is 0. The SMILES string of the molecule is C[C@@H]1[NH2+][C@@]2(C(=O)Nc3ccccc32)[C@@H]2C(=O)N(c3cccc4ccccc34)C(=O)[C@H]12. The molecule has 3 N–H and O–H groups in total. The number of carbonyl (C=O) groups excluding carboxylic acids is 3. The summed E-state index contributed by atoms with van der Waals surface area (Å²) in [5.41, 5.74) is 0.990. The van der Waals surface area contributed by atoms with Gasteiger partial charge in [0.05, 0.1) is 17.4 Å². The average Bonchev–Trinajstić information content (AvgIpc) is 3.32. The molecular weight excluding hydrogens is 378 g/mol. The van der Waals surface area contributed by atoms with E-state index in [-0.39, 0.29) is 23.8 Å². The topological polar surface area (TPSA) is 83.1 Å². The number of amides is 3. The predicted octanol–water partition coefficient (Wildman–Crippen LogP) is 1.76. The van der Waals surface area contributed by atoms with Crippen molar-refractivity contribution in [3.05, 3.63) is 72.3 Å². The number of nitrogens with two attached hydrogens (primary N) is 1. The molecule has 3 aliphatic rings. The average molecular weight is 398 g/mol. The van der Waals surface area contributed by atoms with Gasteiger partial charge in [0.15, 0.2) is 0 Å². The third kappa shape index (κ3) is 1.94. The standard InChI is InChI=1S/C24H19N3O3/c1-13-19-20(24(26-13)16-10-4-5-11-17(16)25-23(24)30)22(29)27(21(19)28)18-12-6-8-14-7-2-3-9-15(14)18/h2-13,19-20,26H,1H3,(H,25,30)/p+1/t13-,19+,20-,24+/m0/s1. The normalized spacial score (nSPS) is 29.6. The Balaban J connectivity index is 1.54. The maximum atomic E-state index is 13.8. The van der Waals surface area contributed by atoms with Crippen LogP contribution in [0.3, 0.4) is 0 Å². The largest absolute Gasteiger partial charge is 0.326 e. The highest BCUT2D eigenvalue weighted by Crippen LogP contribution is 2.50. The van der Waals surface area contributed by atoms with Crippen LogP contribution in [0.2, 0.25) is 0 Å². The monoisotopic (exact) mass is 398 g/mol. The molecule has 4 atom stereocenters. The number of anilines is 2. The summed E-state index contributed by atoms with van der Waals surface area (Å²) in [6.07, 6.45) is 0. The molecule has 2 saturated heterocycles. The lowest BCUT2D eigenvalue weighted by Crippen LogP contribution is -2.98. The van der Waals surface area contributed by atoms with Gasteiger partial charge < -0.3 is 10.6 Å². The minimum atomic E-state index is -1.10. The van der Waals surface area contributed by atoms with Gasteiger partial charge in [-0.15, -0.1) is 0 Å². The van der Waals surface area contributed by atoms with Crippen molar-refractivity contribution in [2.24, 2.45) is 11.8 Å². The van der Waals surface area contributed by atoms with Crippen LogP contribution in [0.1, 0.15) is 12.5 Å². The molecule has 0 radical (unpaired) electrons. The molecule has 0 aromatic heterocycles. The first kappa shape index (κ1) is 17.4. The first-order valence-corrected chi connectivity index (χ1v) is 10.2. The number of hydrogen-bond donors (Lipinski definition) is 2. The maximum absolute atomic E-state index is 13.8. The fraction of sp³-hybridized carbons (Fsp3) is 0.208. The fourth-order valence-electron chi connectivity index (χ4n) is 5.74. The van der Waals surface area contributed by atoms with Gasteiger partial charge in [-0.05, 0) is 24.4 Å². The van der Waals surface area contributed by atoms with Crippen molar-refractivity contribution < 1.29 is 19.7 Å². The number of nitrogens with zero attached hydrogens (tertiary/aromatic N) is 1. The lowest BCUT2D eigenvalue weighted by Gasteiger charge is -2.26. The number of imide groups is 1. The molecule has 0 bridgehead atoms. The fourth-order valence-corrected chi connectivity index (χ4v) is 5.74.